The lowest BCUT2D eigenvalue weighted by atomic mass is 9.96. The van der Waals surface area contributed by atoms with E-state index in [1.165, 1.54) is 0 Å². The van der Waals surface area contributed by atoms with Crippen molar-refractivity contribution in [2.45, 2.75) is 12.8 Å². The Morgan fingerprint density at radius 2 is 1.84 bits per heavy atom. The second-order valence-corrected chi connectivity index (χ2v) is 8.04. The minimum absolute atomic E-state index is 0.0423. The molecule has 166 valence electrons. The molecule has 1 aromatic heterocycles. The lowest BCUT2D eigenvalue weighted by Crippen LogP contribution is -2.53. The van der Waals surface area contributed by atoms with Crippen molar-refractivity contribution >= 4 is 11.7 Å². The Morgan fingerprint density at radius 3 is 2.55 bits per heavy atom. The molecule has 1 amide bonds. The van der Waals surface area contributed by atoms with Gasteiger partial charge in [-0.2, -0.15) is 0 Å². The van der Waals surface area contributed by atoms with Crippen molar-refractivity contribution in [2.75, 3.05) is 64.4 Å². The predicted molar refractivity (Wildman–Crippen MR) is 118 cm³/mol. The number of methoxy groups -OCH3 is 1. The molecule has 0 bridgehead atoms. The smallest absolute Gasteiger partial charge is 0.227 e. The Morgan fingerprint density at radius 1 is 1.06 bits per heavy atom. The summed E-state index contributed by atoms with van der Waals surface area (Å²) in [5.41, 5.74) is 0. The average molecular weight is 426 g/mol. The molecular weight excluding hydrogens is 394 g/mol. The average Bonchev–Trinajstić information content (AvgIpc) is 2.85. The van der Waals surface area contributed by atoms with Crippen molar-refractivity contribution in [3.05, 3.63) is 42.9 Å². The Hall–Kier alpha value is -2.87. The zero-order chi connectivity index (χ0) is 21.5. The molecule has 2 fully saturated rings. The summed E-state index contributed by atoms with van der Waals surface area (Å²) in [6.45, 7) is 6.49. The molecule has 0 unspecified atom stereocenters. The molecule has 2 saturated heterocycles. The van der Waals surface area contributed by atoms with Gasteiger partial charge in [-0.25, -0.2) is 4.98 Å². The number of piperidine rings is 1. The monoisotopic (exact) mass is 425 g/mol. The summed E-state index contributed by atoms with van der Waals surface area (Å²) in [5.74, 6) is 2.86. The van der Waals surface area contributed by atoms with E-state index >= 15 is 0 Å². The lowest BCUT2D eigenvalue weighted by Gasteiger charge is -2.39. The number of hydrogen-bond donors (Lipinski definition) is 0. The number of benzene rings is 1. The van der Waals surface area contributed by atoms with Gasteiger partial charge in [0.05, 0.1) is 19.2 Å². The Balaban J connectivity index is 1.19. The summed E-state index contributed by atoms with van der Waals surface area (Å²) in [6.07, 6.45) is 7.12. The number of ether oxygens (including phenoxy) is 2. The number of rotatable bonds is 7. The van der Waals surface area contributed by atoms with Gasteiger partial charge in [-0.1, -0.05) is 0 Å². The van der Waals surface area contributed by atoms with Crippen LogP contribution in [-0.2, 0) is 4.79 Å². The van der Waals surface area contributed by atoms with E-state index in [1.807, 2.05) is 29.2 Å². The molecular formula is C23H31N5O3. The summed E-state index contributed by atoms with van der Waals surface area (Å²) in [4.78, 5) is 28.2. The van der Waals surface area contributed by atoms with Gasteiger partial charge in [0.2, 0.25) is 5.91 Å². The number of anilines is 1. The van der Waals surface area contributed by atoms with Gasteiger partial charge in [-0.15, -0.1) is 0 Å². The van der Waals surface area contributed by atoms with Gasteiger partial charge in [0.15, 0.2) is 0 Å². The second kappa shape index (κ2) is 10.4. The molecule has 0 radical (unpaired) electrons. The second-order valence-electron chi connectivity index (χ2n) is 8.04. The van der Waals surface area contributed by atoms with E-state index in [-0.39, 0.29) is 11.8 Å². The van der Waals surface area contributed by atoms with E-state index in [0.29, 0.717) is 6.61 Å². The largest absolute Gasteiger partial charge is 0.497 e. The van der Waals surface area contributed by atoms with E-state index in [0.717, 1.165) is 76.0 Å². The van der Waals surface area contributed by atoms with Gasteiger partial charge in [0.25, 0.3) is 0 Å². The number of aromatic nitrogens is 2. The molecule has 2 aliphatic rings. The van der Waals surface area contributed by atoms with Crippen molar-refractivity contribution in [1.29, 1.82) is 0 Å². The van der Waals surface area contributed by atoms with Crippen molar-refractivity contribution in [2.24, 2.45) is 5.92 Å². The summed E-state index contributed by atoms with van der Waals surface area (Å²) in [5, 5.41) is 0. The van der Waals surface area contributed by atoms with Gasteiger partial charge < -0.3 is 19.3 Å². The van der Waals surface area contributed by atoms with Crippen LogP contribution in [0, 0.1) is 5.92 Å². The molecule has 8 nitrogen and oxygen atoms in total. The SMILES string of the molecule is COc1ccc(OCCN2CCN(C(=O)[C@H]3CCCN(c4cnccn4)C3)CC2)cc1. The van der Waals surface area contributed by atoms with Gasteiger partial charge in [-0.3, -0.25) is 14.7 Å². The molecule has 2 aliphatic heterocycles. The molecule has 4 rings (SSSR count). The first-order valence-corrected chi connectivity index (χ1v) is 11.0. The molecule has 0 N–H and O–H groups in total. The van der Waals surface area contributed by atoms with Crippen LogP contribution in [0.3, 0.4) is 0 Å². The predicted octanol–water partition coefficient (Wildman–Crippen LogP) is 1.92. The topological polar surface area (TPSA) is 71.0 Å². The number of piperazine rings is 1. The van der Waals surface area contributed by atoms with Crippen LogP contribution in [-0.4, -0.2) is 85.2 Å². The fourth-order valence-electron chi connectivity index (χ4n) is 4.26. The quantitative estimate of drug-likeness (QED) is 0.671. The van der Waals surface area contributed by atoms with Crippen LogP contribution in [0.2, 0.25) is 0 Å². The third-order valence-electron chi connectivity index (χ3n) is 6.06. The molecule has 1 aromatic carbocycles. The maximum Gasteiger partial charge on any atom is 0.227 e. The van der Waals surface area contributed by atoms with Crippen molar-refractivity contribution < 1.29 is 14.3 Å². The summed E-state index contributed by atoms with van der Waals surface area (Å²) in [7, 11) is 1.66. The van der Waals surface area contributed by atoms with Crippen LogP contribution in [0.1, 0.15) is 12.8 Å². The van der Waals surface area contributed by atoms with Crippen LogP contribution >= 0.6 is 0 Å². The molecule has 1 atom stereocenters. The number of nitrogens with zero attached hydrogens (tertiary/aromatic N) is 5. The number of carbonyl (C=O) groups excluding carboxylic acids is 1. The van der Waals surface area contributed by atoms with Gasteiger partial charge in [0, 0.05) is 58.2 Å². The fraction of sp³-hybridized carbons (Fsp3) is 0.522. The first kappa shape index (κ1) is 21.4. The van der Waals surface area contributed by atoms with Gasteiger partial charge in [0.1, 0.15) is 23.9 Å². The number of carbonyl (C=O) groups is 1. The Kier molecular flexibility index (Phi) is 7.19. The third-order valence-corrected chi connectivity index (χ3v) is 6.06. The van der Waals surface area contributed by atoms with E-state index in [4.69, 9.17) is 9.47 Å². The summed E-state index contributed by atoms with van der Waals surface area (Å²) < 4.78 is 11.0. The van der Waals surface area contributed by atoms with Crippen molar-refractivity contribution in [3.63, 3.8) is 0 Å². The molecule has 31 heavy (non-hydrogen) atoms. The van der Waals surface area contributed by atoms with E-state index < -0.39 is 0 Å². The van der Waals surface area contributed by atoms with E-state index in [1.54, 1.807) is 25.7 Å². The Bertz CT molecular complexity index is 825. The number of hydrogen-bond acceptors (Lipinski definition) is 7. The maximum absolute atomic E-state index is 13.1. The standard InChI is InChI=1S/C23H31N5O3/c1-30-20-4-6-21(7-5-20)31-16-15-26-11-13-27(14-12-26)23(29)19-3-2-10-28(18-19)22-17-24-8-9-25-22/h4-9,17,19H,2-3,10-16,18H2,1H3/t19-/m0/s1. The highest BCUT2D eigenvalue weighted by atomic mass is 16.5. The van der Waals surface area contributed by atoms with Crippen molar-refractivity contribution in [1.82, 2.24) is 19.8 Å². The molecule has 0 spiro atoms. The normalized spacial score (nSPS) is 19.8. The van der Waals surface area contributed by atoms with E-state index in [9.17, 15) is 4.79 Å². The minimum atomic E-state index is 0.0423. The first-order chi connectivity index (χ1) is 15.2. The van der Waals surface area contributed by atoms with Crippen LogP contribution in [0.25, 0.3) is 0 Å². The molecule has 0 aliphatic carbocycles. The van der Waals surface area contributed by atoms with Crippen LogP contribution in [0.5, 0.6) is 11.5 Å². The number of amides is 1. The third kappa shape index (κ3) is 5.64. The zero-order valence-corrected chi connectivity index (χ0v) is 18.2. The van der Waals surface area contributed by atoms with E-state index in [2.05, 4.69) is 19.8 Å². The highest BCUT2D eigenvalue weighted by Crippen LogP contribution is 2.23. The lowest BCUT2D eigenvalue weighted by molar-refractivity contribution is -0.137. The van der Waals surface area contributed by atoms with Crippen LogP contribution in [0.15, 0.2) is 42.9 Å². The molecule has 3 heterocycles. The molecule has 2 aromatic rings. The zero-order valence-electron chi connectivity index (χ0n) is 18.2. The summed E-state index contributed by atoms with van der Waals surface area (Å²) >= 11 is 0. The van der Waals surface area contributed by atoms with Gasteiger partial charge >= 0.3 is 0 Å². The van der Waals surface area contributed by atoms with Crippen LogP contribution < -0.4 is 14.4 Å². The molecule has 0 saturated carbocycles. The van der Waals surface area contributed by atoms with Gasteiger partial charge in [-0.05, 0) is 37.1 Å². The maximum atomic E-state index is 13.1. The summed E-state index contributed by atoms with van der Waals surface area (Å²) in [6, 6.07) is 7.64. The van der Waals surface area contributed by atoms with Crippen molar-refractivity contribution in [3.8, 4) is 11.5 Å². The first-order valence-electron chi connectivity index (χ1n) is 11.0. The van der Waals surface area contributed by atoms with Crippen LogP contribution in [0.4, 0.5) is 5.82 Å². The highest BCUT2D eigenvalue weighted by Gasteiger charge is 2.31. The minimum Gasteiger partial charge on any atom is -0.497 e. The Labute approximate surface area is 183 Å². The molecule has 8 heteroatoms. The highest BCUT2D eigenvalue weighted by molar-refractivity contribution is 5.80. The fourth-order valence-corrected chi connectivity index (χ4v) is 4.26.